The van der Waals surface area contributed by atoms with Crippen LogP contribution in [-0.2, 0) is 10.0 Å². The van der Waals surface area contributed by atoms with Gasteiger partial charge in [0.2, 0.25) is 10.0 Å². The van der Waals surface area contributed by atoms with Gasteiger partial charge in [-0.15, -0.1) is 12.4 Å². The molecular formula is C13H20BrClN2O4S. The maximum Gasteiger partial charge on any atom is 0.244 e. The zero-order chi connectivity index (χ0) is 15.6. The molecule has 1 saturated heterocycles. The second kappa shape index (κ2) is 7.83. The Balaban J connectivity index is 0.00000242. The van der Waals surface area contributed by atoms with Crippen LogP contribution in [0.5, 0.6) is 11.5 Å². The summed E-state index contributed by atoms with van der Waals surface area (Å²) in [6.45, 7) is 0.870. The second-order valence-electron chi connectivity index (χ2n) is 4.88. The van der Waals surface area contributed by atoms with E-state index < -0.39 is 10.0 Å². The van der Waals surface area contributed by atoms with E-state index in [-0.39, 0.29) is 23.3 Å². The van der Waals surface area contributed by atoms with Crippen molar-refractivity contribution in [1.29, 1.82) is 0 Å². The Hall–Kier alpha value is -0.540. The number of piperidine rings is 1. The van der Waals surface area contributed by atoms with Crippen LogP contribution in [0.2, 0.25) is 0 Å². The maximum absolute atomic E-state index is 12.7. The van der Waals surface area contributed by atoms with Gasteiger partial charge in [-0.05, 0) is 34.8 Å². The van der Waals surface area contributed by atoms with Gasteiger partial charge in [-0.25, -0.2) is 8.42 Å². The molecule has 1 heterocycles. The number of sulfonamides is 1. The summed E-state index contributed by atoms with van der Waals surface area (Å²) in [5, 5.41) is 0. The molecule has 126 valence electrons. The summed E-state index contributed by atoms with van der Waals surface area (Å²) in [4.78, 5) is 0.177. The molecule has 0 radical (unpaired) electrons. The van der Waals surface area contributed by atoms with Crippen molar-refractivity contribution in [3.8, 4) is 11.5 Å². The molecule has 0 amide bonds. The second-order valence-corrected chi connectivity index (χ2v) is 7.64. The molecule has 0 aromatic heterocycles. The van der Waals surface area contributed by atoms with Gasteiger partial charge in [0.05, 0.1) is 14.2 Å². The van der Waals surface area contributed by atoms with Crippen LogP contribution in [0.15, 0.2) is 21.5 Å². The molecule has 1 aromatic rings. The SMILES string of the molecule is COc1cc(Br)c(S(=O)(=O)N2CCC(N)CC2)cc1OC.Cl. The van der Waals surface area contributed by atoms with Gasteiger partial charge in [0.1, 0.15) is 4.90 Å². The van der Waals surface area contributed by atoms with Crippen LogP contribution in [0, 0.1) is 0 Å². The highest BCUT2D eigenvalue weighted by atomic mass is 79.9. The molecule has 2 N–H and O–H groups in total. The Morgan fingerprint density at radius 2 is 1.68 bits per heavy atom. The van der Waals surface area contributed by atoms with E-state index in [0.29, 0.717) is 41.9 Å². The highest BCUT2D eigenvalue weighted by molar-refractivity contribution is 9.10. The van der Waals surface area contributed by atoms with Gasteiger partial charge >= 0.3 is 0 Å². The molecule has 0 bridgehead atoms. The van der Waals surface area contributed by atoms with E-state index in [0.717, 1.165) is 0 Å². The van der Waals surface area contributed by atoms with Crippen LogP contribution in [0.1, 0.15) is 12.8 Å². The monoisotopic (exact) mass is 414 g/mol. The van der Waals surface area contributed by atoms with Gasteiger partial charge in [-0.2, -0.15) is 4.31 Å². The highest BCUT2D eigenvalue weighted by Gasteiger charge is 2.30. The fourth-order valence-corrected chi connectivity index (χ4v) is 4.76. The molecule has 0 aliphatic carbocycles. The van der Waals surface area contributed by atoms with Gasteiger partial charge < -0.3 is 15.2 Å². The van der Waals surface area contributed by atoms with Crippen molar-refractivity contribution < 1.29 is 17.9 Å². The minimum absolute atomic E-state index is 0. The largest absolute Gasteiger partial charge is 0.493 e. The highest BCUT2D eigenvalue weighted by Crippen LogP contribution is 2.37. The number of nitrogens with two attached hydrogens (primary N) is 1. The van der Waals surface area contributed by atoms with Crippen LogP contribution in [0.25, 0.3) is 0 Å². The fourth-order valence-electron chi connectivity index (χ4n) is 2.29. The molecule has 0 spiro atoms. The molecular weight excluding hydrogens is 396 g/mol. The van der Waals surface area contributed by atoms with E-state index in [1.165, 1.54) is 24.6 Å². The summed E-state index contributed by atoms with van der Waals surface area (Å²) < 4.78 is 37.7. The minimum Gasteiger partial charge on any atom is -0.493 e. The molecule has 9 heteroatoms. The first-order valence-electron chi connectivity index (χ1n) is 6.57. The summed E-state index contributed by atoms with van der Waals surface area (Å²) in [6, 6.07) is 3.15. The van der Waals surface area contributed by atoms with Crippen LogP contribution in [0.4, 0.5) is 0 Å². The fraction of sp³-hybridized carbons (Fsp3) is 0.538. The van der Waals surface area contributed by atoms with Crippen LogP contribution in [0.3, 0.4) is 0 Å². The molecule has 1 aromatic carbocycles. The molecule has 1 aliphatic heterocycles. The van der Waals surface area contributed by atoms with Crippen molar-refractivity contribution in [2.24, 2.45) is 5.73 Å². The quantitative estimate of drug-likeness (QED) is 0.813. The number of hydrogen-bond donors (Lipinski definition) is 1. The first kappa shape index (κ1) is 19.5. The van der Waals surface area contributed by atoms with E-state index >= 15 is 0 Å². The third-order valence-electron chi connectivity index (χ3n) is 3.55. The molecule has 1 fully saturated rings. The van der Waals surface area contributed by atoms with Crippen molar-refractivity contribution in [2.45, 2.75) is 23.8 Å². The topological polar surface area (TPSA) is 81.9 Å². The molecule has 0 saturated carbocycles. The normalized spacial score (nSPS) is 16.9. The van der Waals surface area contributed by atoms with Crippen molar-refractivity contribution >= 4 is 38.4 Å². The Kier molecular flexibility index (Phi) is 6.94. The average molecular weight is 416 g/mol. The lowest BCUT2D eigenvalue weighted by atomic mass is 10.1. The Morgan fingerprint density at radius 3 is 2.18 bits per heavy atom. The average Bonchev–Trinajstić information content (AvgIpc) is 2.47. The third kappa shape index (κ3) is 3.86. The zero-order valence-corrected chi connectivity index (χ0v) is 15.6. The standard InChI is InChI=1S/C13H19BrN2O4S.ClH/c1-19-11-7-10(14)13(8-12(11)20-2)21(17,18)16-5-3-9(15)4-6-16;/h7-9H,3-6,15H2,1-2H3;1H. The van der Waals surface area contributed by atoms with Crippen LogP contribution < -0.4 is 15.2 Å². The number of ether oxygens (including phenoxy) is 2. The first-order valence-corrected chi connectivity index (χ1v) is 8.80. The van der Waals surface area contributed by atoms with Crippen molar-refractivity contribution in [1.82, 2.24) is 4.31 Å². The van der Waals surface area contributed by atoms with Gasteiger partial charge in [-0.3, -0.25) is 0 Å². The summed E-state index contributed by atoms with van der Waals surface area (Å²) in [5.74, 6) is 0.858. The number of rotatable bonds is 4. The number of halogens is 2. The molecule has 0 unspecified atom stereocenters. The molecule has 2 rings (SSSR count). The minimum atomic E-state index is -3.58. The Morgan fingerprint density at radius 1 is 1.18 bits per heavy atom. The van der Waals surface area contributed by atoms with E-state index in [2.05, 4.69) is 15.9 Å². The summed E-state index contributed by atoms with van der Waals surface area (Å²) in [6.07, 6.45) is 1.34. The number of nitrogens with zero attached hydrogens (tertiary/aromatic N) is 1. The molecule has 22 heavy (non-hydrogen) atoms. The first-order chi connectivity index (χ1) is 9.90. The predicted octanol–water partition coefficient (Wildman–Crippen LogP) is 2.00. The number of hydrogen-bond acceptors (Lipinski definition) is 5. The summed E-state index contributed by atoms with van der Waals surface area (Å²) in [5.41, 5.74) is 5.83. The maximum atomic E-state index is 12.7. The van der Waals surface area contributed by atoms with Crippen molar-refractivity contribution in [3.05, 3.63) is 16.6 Å². The molecule has 1 aliphatic rings. The predicted molar refractivity (Wildman–Crippen MR) is 90.5 cm³/mol. The van der Waals surface area contributed by atoms with E-state index in [9.17, 15) is 8.42 Å². The van der Waals surface area contributed by atoms with Gasteiger partial charge in [0, 0.05) is 29.7 Å². The molecule has 6 nitrogen and oxygen atoms in total. The van der Waals surface area contributed by atoms with Crippen molar-refractivity contribution in [2.75, 3.05) is 27.3 Å². The van der Waals surface area contributed by atoms with E-state index in [1.54, 1.807) is 6.07 Å². The van der Waals surface area contributed by atoms with Crippen LogP contribution in [-0.4, -0.2) is 46.1 Å². The van der Waals surface area contributed by atoms with Gasteiger partial charge in [0.15, 0.2) is 11.5 Å². The van der Waals surface area contributed by atoms with Crippen LogP contribution >= 0.6 is 28.3 Å². The van der Waals surface area contributed by atoms with Gasteiger partial charge in [0.25, 0.3) is 0 Å². The lowest BCUT2D eigenvalue weighted by Gasteiger charge is -2.29. The summed E-state index contributed by atoms with van der Waals surface area (Å²) >= 11 is 3.30. The third-order valence-corrected chi connectivity index (χ3v) is 6.41. The lowest BCUT2D eigenvalue weighted by molar-refractivity contribution is 0.319. The zero-order valence-electron chi connectivity index (χ0n) is 12.4. The van der Waals surface area contributed by atoms with Gasteiger partial charge in [-0.1, -0.05) is 0 Å². The lowest BCUT2D eigenvalue weighted by Crippen LogP contribution is -2.42. The molecule has 0 atom stereocenters. The smallest absolute Gasteiger partial charge is 0.244 e. The van der Waals surface area contributed by atoms with E-state index in [1.807, 2.05) is 0 Å². The van der Waals surface area contributed by atoms with E-state index in [4.69, 9.17) is 15.2 Å². The Labute approximate surface area is 145 Å². The number of methoxy groups -OCH3 is 2. The summed E-state index contributed by atoms with van der Waals surface area (Å²) in [7, 11) is -0.600. The Bertz CT molecular complexity index is 619. The van der Waals surface area contributed by atoms with Crippen molar-refractivity contribution in [3.63, 3.8) is 0 Å². The number of benzene rings is 1.